The van der Waals surface area contributed by atoms with E-state index >= 15 is 0 Å². The minimum absolute atomic E-state index is 0.422. The van der Waals surface area contributed by atoms with Crippen LogP contribution < -0.4 is 0 Å². The van der Waals surface area contributed by atoms with Gasteiger partial charge in [0.05, 0.1) is 15.2 Å². The number of rotatable bonds is 3. The zero-order valence-electron chi connectivity index (χ0n) is 8.22. The van der Waals surface area contributed by atoms with Crippen LogP contribution >= 0.6 is 33.9 Å². The number of thiophene rings is 1. The minimum Gasteiger partial charge on any atom is -0.388 e. The number of hydrogen-bond donors (Lipinski definition) is 1. The van der Waals surface area contributed by atoms with Gasteiger partial charge in [-0.1, -0.05) is 0 Å². The molecule has 5 heteroatoms. The van der Waals surface area contributed by atoms with Crippen LogP contribution in [-0.2, 0) is 13.5 Å². The van der Waals surface area contributed by atoms with Crippen molar-refractivity contribution in [3.05, 3.63) is 37.9 Å². The fraction of sp³-hybridized carbons (Fsp3) is 0.300. The van der Waals surface area contributed by atoms with Crippen molar-refractivity contribution in [1.82, 2.24) is 9.78 Å². The summed E-state index contributed by atoms with van der Waals surface area (Å²) in [7, 11) is 1.88. The van der Waals surface area contributed by atoms with E-state index in [2.05, 4.69) is 27.7 Å². The fourth-order valence-electron chi connectivity index (χ4n) is 1.42. The first-order valence-electron chi connectivity index (χ1n) is 4.54. The largest absolute Gasteiger partial charge is 0.388 e. The van der Waals surface area contributed by atoms with E-state index in [-0.39, 0.29) is 0 Å². The molecule has 0 aliphatic rings. The monoisotopic (exact) mass is 334 g/mol. The van der Waals surface area contributed by atoms with Gasteiger partial charge in [0.2, 0.25) is 0 Å². The lowest BCUT2D eigenvalue weighted by Gasteiger charge is -2.06. The molecule has 15 heavy (non-hydrogen) atoms. The second-order valence-electron chi connectivity index (χ2n) is 3.43. The van der Waals surface area contributed by atoms with E-state index in [0.29, 0.717) is 6.42 Å². The van der Waals surface area contributed by atoms with Crippen LogP contribution in [0, 0.1) is 2.88 Å². The van der Waals surface area contributed by atoms with Crippen LogP contribution in [0.2, 0.25) is 0 Å². The van der Waals surface area contributed by atoms with Gasteiger partial charge in [0, 0.05) is 19.7 Å². The van der Waals surface area contributed by atoms with Crippen molar-refractivity contribution >= 4 is 33.9 Å². The Hall–Kier alpha value is -0.400. The van der Waals surface area contributed by atoms with Crippen LogP contribution in [-0.4, -0.2) is 14.9 Å². The summed E-state index contributed by atoms with van der Waals surface area (Å²) >= 11 is 3.91. The highest BCUT2D eigenvalue weighted by Gasteiger charge is 2.11. The van der Waals surface area contributed by atoms with Crippen LogP contribution in [0.5, 0.6) is 0 Å². The average molecular weight is 334 g/mol. The molecule has 2 rings (SSSR count). The number of halogens is 1. The standard InChI is InChI=1S/C10H11IN2OS/c1-13-5-7(4-12-13)2-9(14)8-3-10(11)15-6-8/h3-6,9,14H,2H2,1H3. The first kappa shape index (κ1) is 11.1. The van der Waals surface area contributed by atoms with Crippen molar-refractivity contribution in [1.29, 1.82) is 0 Å². The molecule has 2 heterocycles. The normalized spacial score (nSPS) is 13.0. The van der Waals surface area contributed by atoms with E-state index in [1.165, 1.54) is 2.88 Å². The summed E-state index contributed by atoms with van der Waals surface area (Å²) in [6.45, 7) is 0. The Morgan fingerprint density at radius 1 is 1.67 bits per heavy atom. The van der Waals surface area contributed by atoms with Crippen molar-refractivity contribution in [2.75, 3.05) is 0 Å². The van der Waals surface area contributed by atoms with Crippen LogP contribution in [0.25, 0.3) is 0 Å². The molecule has 0 bridgehead atoms. The number of aryl methyl sites for hydroxylation is 1. The fourth-order valence-corrected chi connectivity index (χ4v) is 2.84. The summed E-state index contributed by atoms with van der Waals surface area (Å²) in [4.78, 5) is 0. The molecule has 1 atom stereocenters. The molecule has 1 unspecified atom stereocenters. The first-order chi connectivity index (χ1) is 7.15. The Labute approximate surface area is 106 Å². The SMILES string of the molecule is Cn1cc(CC(O)c2csc(I)c2)cn1. The van der Waals surface area contributed by atoms with E-state index < -0.39 is 6.10 Å². The first-order valence-corrected chi connectivity index (χ1v) is 6.50. The molecule has 0 fully saturated rings. The molecule has 3 nitrogen and oxygen atoms in total. The van der Waals surface area contributed by atoms with Gasteiger partial charge in [0.1, 0.15) is 0 Å². The van der Waals surface area contributed by atoms with Crippen LogP contribution in [0.1, 0.15) is 17.2 Å². The summed E-state index contributed by atoms with van der Waals surface area (Å²) in [5.74, 6) is 0. The molecule has 1 N–H and O–H groups in total. The molecule has 2 aromatic rings. The quantitative estimate of drug-likeness (QED) is 0.875. The zero-order valence-corrected chi connectivity index (χ0v) is 11.2. The van der Waals surface area contributed by atoms with Gasteiger partial charge in [-0.3, -0.25) is 4.68 Å². The maximum atomic E-state index is 9.96. The lowest BCUT2D eigenvalue weighted by Crippen LogP contribution is -1.99. The molecular formula is C10H11IN2OS. The van der Waals surface area contributed by atoms with Gasteiger partial charge in [-0.05, 0) is 45.2 Å². The summed E-state index contributed by atoms with van der Waals surface area (Å²) < 4.78 is 2.95. The van der Waals surface area contributed by atoms with Crippen molar-refractivity contribution < 1.29 is 5.11 Å². The molecule has 2 aromatic heterocycles. The molecule has 0 aromatic carbocycles. The Morgan fingerprint density at radius 3 is 3.00 bits per heavy atom. The Balaban J connectivity index is 2.06. The van der Waals surface area contributed by atoms with Crippen molar-refractivity contribution in [3.8, 4) is 0 Å². The van der Waals surface area contributed by atoms with Gasteiger partial charge >= 0.3 is 0 Å². The third-order valence-corrected chi connectivity index (χ3v) is 3.97. The Morgan fingerprint density at radius 2 is 2.47 bits per heavy atom. The van der Waals surface area contributed by atoms with Gasteiger partial charge in [0.15, 0.2) is 0 Å². The van der Waals surface area contributed by atoms with Gasteiger partial charge < -0.3 is 5.11 Å². The highest BCUT2D eigenvalue weighted by atomic mass is 127. The molecule has 0 aliphatic heterocycles. The highest BCUT2D eigenvalue weighted by Crippen LogP contribution is 2.24. The zero-order chi connectivity index (χ0) is 10.8. The van der Waals surface area contributed by atoms with Gasteiger partial charge in [0.25, 0.3) is 0 Å². The average Bonchev–Trinajstić information content (AvgIpc) is 2.75. The predicted molar refractivity (Wildman–Crippen MR) is 68.9 cm³/mol. The van der Waals surface area contributed by atoms with E-state index in [0.717, 1.165) is 11.1 Å². The molecule has 0 aliphatic carbocycles. The third-order valence-electron chi connectivity index (χ3n) is 2.16. The van der Waals surface area contributed by atoms with Crippen LogP contribution in [0.4, 0.5) is 0 Å². The van der Waals surface area contributed by atoms with Crippen LogP contribution in [0.3, 0.4) is 0 Å². The number of nitrogens with zero attached hydrogens (tertiary/aromatic N) is 2. The van der Waals surface area contributed by atoms with Gasteiger partial charge in [-0.2, -0.15) is 5.10 Å². The minimum atomic E-state index is -0.422. The lowest BCUT2D eigenvalue weighted by atomic mass is 10.1. The Kier molecular flexibility index (Phi) is 3.42. The molecular weight excluding hydrogens is 323 g/mol. The molecule has 0 saturated heterocycles. The molecule has 0 saturated carbocycles. The topological polar surface area (TPSA) is 38.0 Å². The van der Waals surface area contributed by atoms with E-state index in [4.69, 9.17) is 0 Å². The second-order valence-corrected chi connectivity index (χ2v) is 6.23. The van der Waals surface area contributed by atoms with Crippen molar-refractivity contribution in [2.45, 2.75) is 12.5 Å². The Bertz CT molecular complexity index is 452. The lowest BCUT2D eigenvalue weighted by molar-refractivity contribution is 0.179. The molecule has 80 valence electrons. The maximum Gasteiger partial charge on any atom is 0.0839 e. The highest BCUT2D eigenvalue weighted by molar-refractivity contribution is 14.1. The third kappa shape index (κ3) is 2.79. The smallest absolute Gasteiger partial charge is 0.0839 e. The van der Waals surface area contributed by atoms with Gasteiger partial charge in [-0.15, -0.1) is 11.3 Å². The summed E-state index contributed by atoms with van der Waals surface area (Å²) in [5.41, 5.74) is 2.06. The predicted octanol–water partition coefficient (Wildman–Crippen LogP) is 2.36. The summed E-state index contributed by atoms with van der Waals surface area (Å²) in [5, 5.41) is 16.0. The van der Waals surface area contributed by atoms with Gasteiger partial charge in [-0.25, -0.2) is 0 Å². The number of aliphatic hydroxyl groups is 1. The molecule has 0 radical (unpaired) electrons. The maximum absolute atomic E-state index is 9.96. The van der Waals surface area contributed by atoms with Crippen molar-refractivity contribution in [3.63, 3.8) is 0 Å². The van der Waals surface area contributed by atoms with Crippen LogP contribution in [0.15, 0.2) is 23.8 Å². The molecule has 0 spiro atoms. The van der Waals surface area contributed by atoms with E-state index in [9.17, 15) is 5.11 Å². The van der Waals surface area contributed by atoms with E-state index in [1.54, 1.807) is 22.2 Å². The number of aliphatic hydroxyl groups excluding tert-OH is 1. The van der Waals surface area contributed by atoms with E-state index in [1.807, 2.05) is 24.7 Å². The molecule has 0 amide bonds. The summed E-state index contributed by atoms with van der Waals surface area (Å²) in [6, 6.07) is 2.02. The number of hydrogen-bond acceptors (Lipinski definition) is 3. The number of aromatic nitrogens is 2. The van der Waals surface area contributed by atoms with Crippen molar-refractivity contribution in [2.24, 2.45) is 7.05 Å². The second kappa shape index (κ2) is 4.63. The summed E-state index contributed by atoms with van der Waals surface area (Å²) in [6.07, 6.45) is 3.93.